The van der Waals surface area contributed by atoms with Gasteiger partial charge in [0, 0.05) is 0 Å². The molecule has 1 fully saturated rings. The summed E-state index contributed by atoms with van der Waals surface area (Å²) in [5.74, 6) is 1.55. The smallest absolute Gasteiger partial charge is 0.270 e. The number of carbonyl (C=O) groups excluding carboxylic acids is 1. The lowest BCUT2D eigenvalue weighted by Gasteiger charge is -2.17. The van der Waals surface area contributed by atoms with Crippen LogP contribution in [0.25, 0.3) is 6.08 Å². The summed E-state index contributed by atoms with van der Waals surface area (Å²) in [5, 5.41) is 0. The molecule has 2 aromatic rings. The molecular formula is C19H16BrNO4S2. The van der Waals surface area contributed by atoms with Crippen LogP contribution in [0, 0.1) is 0 Å². The van der Waals surface area contributed by atoms with Gasteiger partial charge in [-0.1, -0.05) is 36.1 Å². The predicted molar refractivity (Wildman–Crippen MR) is 116 cm³/mol. The largest absolute Gasteiger partial charge is 0.495 e. The zero-order valence-electron chi connectivity index (χ0n) is 14.8. The highest BCUT2D eigenvalue weighted by Gasteiger charge is 2.34. The number of rotatable bonds is 5. The molecule has 8 heteroatoms. The van der Waals surface area contributed by atoms with Crippen molar-refractivity contribution in [1.82, 2.24) is 0 Å². The lowest BCUT2D eigenvalue weighted by molar-refractivity contribution is -0.113. The first-order valence-electron chi connectivity index (χ1n) is 7.82. The Morgan fingerprint density at radius 2 is 1.78 bits per heavy atom. The molecule has 0 atom stereocenters. The third kappa shape index (κ3) is 3.83. The summed E-state index contributed by atoms with van der Waals surface area (Å²) in [4.78, 5) is 15.0. The molecular weight excluding hydrogens is 450 g/mol. The minimum absolute atomic E-state index is 0.194. The van der Waals surface area contributed by atoms with Crippen LogP contribution in [0.15, 0.2) is 45.8 Å². The monoisotopic (exact) mass is 465 g/mol. The van der Waals surface area contributed by atoms with Crippen molar-refractivity contribution in [2.45, 2.75) is 0 Å². The highest BCUT2D eigenvalue weighted by atomic mass is 79.9. The van der Waals surface area contributed by atoms with E-state index in [9.17, 15) is 4.79 Å². The predicted octanol–water partition coefficient (Wildman–Crippen LogP) is 4.88. The molecule has 0 bridgehead atoms. The maximum Gasteiger partial charge on any atom is 0.270 e. The number of hydrogen-bond acceptors (Lipinski definition) is 6. The summed E-state index contributed by atoms with van der Waals surface area (Å²) in [6.07, 6.45) is 1.78. The first-order chi connectivity index (χ1) is 13.0. The van der Waals surface area contributed by atoms with Crippen LogP contribution in [0.4, 0.5) is 5.69 Å². The molecule has 1 heterocycles. The number of halogens is 1. The van der Waals surface area contributed by atoms with Gasteiger partial charge in [0.15, 0.2) is 15.8 Å². The third-order valence-corrected chi connectivity index (χ3v) is 5.76. The van der Waals surface area contributed by atoms with Gasteiger partial charge in [-0.05, 0) is 51.8 Å². The SMILES string of the molecule is COc1ccccc1N1C(=O)/C(=C\c2cc(Br)c(OC)c(OC)c2)SC1=S. The summed E-state index contributed by atoms with van der Waals surface area (Å²) in [6, 6.07) is 10.9. The van der Waals surface area contributed by atoms with Gasteiger partial charge >= 0.3 is 0 Å². The maximum atomic E-state index is 13.0. The van der Waals surface area contributed by atoms with Crippen molar-refractivity contribution in [2.24, 2.45) is 0 Å². The van der Waals surface area contributed by atoms with Gasteiger partial charge in [0.05, 0.1) is 36.4 Å². The van der Waals surface area contributed by atoms with Crippen LogP contribution in [-0.4, -0.2) is 31.6 Å². The molecule has 140 valence electrons. The topological polar surface area (TPSA) is 48.0 Å². The average molecular weight is 466 g/mol. The summed E-state index contributed by atoms with van der Waals surface area (Å²) >= 11 is 10.1. The highest BCUT2D eigenvalue weighted by molar-refractivity contribution is 9.10. The van der Waals surface area contributed by atoms with Gasteiger partial charge in [-0.2, -0.15) is 0 Å². The van der Waals surface area contributed by atoms with Gasteiger partial charge in [0.25, 0.3) is 5.91 Å². The number of anilines is 1. The summed E-state index contributed by atoms with van der Waals surface area (Å²) in [6.45, 7) is 0. The number of methoxy groups -OCH3 is 3. The average Bonchev–Trinajstić information content (AvgIpc) is 2.94. The zero-order chi connectivity index (χ0) is 19.6. The van der Waals surface area contributed by atoms with Crippen molar-refractivity contribution >= 4 is 61.9 Å². The normalized spacial score (nSPS) is 15.4. The highest BCUT2D eigenvalue weighted by Crippen LogP contribution is 2.41. The first kappa shape index (κ1) is 19.7. The van der Waals surface area contributed by atoms with Crippen LogP contribution >= 0.6 is 39.9 Å². The van der Waals surface area contributed by atoms with E-state index in [0.717, 1.165) is 10.0 Å². The molecule has 0 N–H and O–H groups in total. The van der Waals surface area contributed by atoms with Crippen molar-refractivity contribution in [1.29, 1.82) is 0 Å². The maximum absolute atomic E-state index is 13.0. The number of benzene rings is 2. The Bertz CT molecular complexity index is 945. The number of thioether (sulfide) groups is 1. The molecule has 2 aromatic carbocycles. The second-order valence-electron chi connectivity index (χ2n) is 5.43. The number of thiocarbonyl (C=S) groups is 1. The van der Waals surface area contributed by atoms with Gasteiger partial charge in [0.2, 0.25) is 0 Å². The molecule has 3 rings (SSSR count). The molecule has 0 aromatic heterocycles. The van der Waals surface area contributed by atoms with Crippen LogP contribution < -0.4 is 19.1 Å². The van der Waals surface area contributed by atoms with E-state index >= 15 is 0 Å². The molecule has 1 aliphatic heterocycles. The van der Waals surface area contributed by atoms with E-state index in [1.165, 1.54) is 16.7 Å². The van der Waals surface area contributed by atoms with Gasteiger partial charge < -0.3 is 14.2 Å². The zero-order valence-corrected chi connectivity index (χ0v) is 18.0. The third-order valence-electron chi connectivity index (χ3n) is 3.87. The molecule has 1 aliphatic rings. The van der Waals surface area contributed by atoms with Gasteiger partial charge in [-0.3, -0.25) is 9.69 Å². The van der Waals surface area contributed by atoms with Crippen LogP contribution in [0.2, 0.25) is 0 Å². The van der Waals surface area contributed by atoms with Crippen molar-refractivity contribution in [3.63, 3.8) is 0 Å². The number of carbonyl (C=O) groups is 1. The summed E-state index contributed by atoms with van der Waals surface area (Å²) < 4.78 is 17.2. The molecule has 0 aliphatic carbocycles. The summed E-state index contributed by atoms with van der Waals surface area (Å²) in [7, 11) is 4.70. The number of ether oxygens (including phenoxy) is 3. The molecule has 5 nitrogen and oxygen atoms in total. The first-order valence-corrected chi connectivity index (χ1v) is 9.84. The standard InChI is InChI=1S/C19H16BrNO4S2/c1-23-14-7-5-4-6-13(14)21-18(22)16(27-19(21)26)10-11-8-12(20)17(25-3)15(9-11)24-2/h4-10H,1-3H3/b16-10+. The molecule has 1 amide bonds. The van der Waals surface area contributed by atoms with Crippen LogP contribution in [0.3, 0.4) is 0 Å². The van der Waals surface area contributed by atoms with E-state index in [0.29, 0.717) is 32.2 Å². The van der Waals surface area contributed by atoms with Crippen LogP contribution in [0.1, 0.15) is 5.56 Å². The number of nitrogens with zero attached hydrogens (tertiary/aromatic N) is 1. The Kier molecular flexibility index (Phi) is 6.08. The Hall–Kier alpha value is -2.03. The van der Waals surface area contributed by atoms with E-state index in [1.807, 2.05) is 18.2 Å². The molecule has 0 spiro atoms. The molecule has 0 radical (unpaired) electrons. The minimum atomic E-state index is -0.194. The van der Waals surface area contributed by atoms with E-state index in [1.54, 1.807) is 45.6 Å². The summed E-state index contributed by atoms with van der Waals surface area (Å²) in [5.41, 5.74) is 1.42. The fraction of sp³-hybridized carbons (Fsp3) is 0.158. The molecule has 1 saturated heterocycles. The van der Waals surface area contributed by atoms with E-state index < -0.39 is 0 Å². The second-order valence-corrected chi connectivity index (χ2v) is 7.96. The van der Waals surface area contributed by atoms with Crippen molar-refractivity contribution in [3.8, 4) is 17.2 Å². The molecule has 27 heavy (non-hydrogen) atoms. The van der Waals surface area contributed by atoms with Crippen LogP contribution in [-0.2, 0) is 4.79 Å². The lowest BCUT2D eigenvalue weighted by Crippen LogP contribution is -2.27. The Labute approximate surface area is 175 Å². The van der Waals surface area contributed by atoms with Gasteiger partial charge in [-0.15, -0.1) is 0 Å². The number of hydrogen-bond donors (Lipinski definition) is 0. The Balaban J connectivity index is 1.99. The number of para-hydroxylation sites is 2. The van der Waals surface area contributed by atoms with E-state index in [-0.39, 0.29) is 5.91 Å². The van der Waals surface area contributed by atoms with Gasteiger partial charge in [-0.25, -0.2) is 0 Å². The molecule has 0 unspecified atom stereocenters. The second kappa shape index (κ2) is 8.33. The quantitative estimate of drug-likeness (QED) is 0.463. The Morgan fingerprint density at radius 1 is 1.07 bits per heavy atom. The Morgan fingerprint density at radius 3 is 2.44 bits per heavy atom. The van der Waals surface area contributed by atoms with E-state index in [4.69, 9.17) is 26.4 Å². The van der Waals surface area contributed by atoms with Crippen LogP contribution in [0.5, 0.6) is 17.2 Å². The fourth-order valence-corrected chi connectivity index (χ4v) is 4.57. The minimum Gasteiger partial charge on any atom is -0.495 e. The fourth-order valence-electron chi connectivity index (χ4n) is 2.66. The van der Waals surface area contributed by atoms with Crippen molar-refractivity contribution in [3.05, 3.63) is 51.3 Å². The van der Waals surface area contributed by atoms with Gasteiger partial charge in [0.1, 0.15) is 5.75 Å². The molecule has 0 saturated carbocycles. The van der Waals surface area contributed by atoms with Crippen molar-refractivity contribution < 1.29 is 19.0 Å². The van der Waals surface area contributed by atoms with Crippen molar-refractivity contribution in [2.75, 3.05) is 26.2 Å². The number of amides is 1. The van der Waals surface area contributed by atoms with E-state index in [2.05, 4.69) is 15.9 Å². The lowest BCUT2D eigenvalue weighted by atomic mass is 10.1.